The first-order chi connectivity index (χ1) is 10.1. The Morgan fingerprint density at radius 3 is 2.50 bits per heavy atom. The average molecular weight is 304 g/mol. The number of aliphatic hydroxyl groups is 2. The molecule has 0 bridgehead atoms. The average Bonchev–Trinajstić information content (AvgIpc) is 2.45. The fraction of sp³-hybridized carbons (Fsp3) is 0.800. The molecule has 124 valence electrons. The van der Waals surface area contributed by atoms with Crippen molar-refractivity contribution in [3.63, 3.8) is 0 Å². The number of hydrogen-bond donors (Lipinski definition) is 2. The fourth-order valence-corrected chi connectivity index (χ4v) is 5.54. The molecule has 2 fully saturated rings. The predicted octanol–water partition coefficient (Wildman–Crippen LogP) is 4.08. The van der Waals surface area contributed by atoms with E-state index in [2.05, 4.69) is 46.4 Å². The molecule has 3 aliphatic carbocycles. The van der Waals surface area contributed by atoms with Crippen molar-refractivity contribution in [3.8, 4) is 0 Å². The predicted molar refractivity (Wildman–Crippen MR) is 90.4 cm³/mol. The molecule has 2 heteroatoms. The van der Waals surface area contributed by atoms with Gasteiger partial charge < -0.3 is 10.2 Å². The lowest BCUT2D eigenvalue weighted by molar-refractivity contribution is -0.0966. The van der Waals surface area contributed by atoms with Crippen molar-refractivity contribution in [2.45, 2.75) is 72.0 Å². The van der Waals surface area contributed by atoms with Crippen molar-refractivity contribution in [1.29, 1.82) is 0 Å². The second-order valence-electron chi connectivity index (χ2n) is 9.19. The minimum Gasteiger partial charge on any atom is -0.392 e. The fourth-order valence-electron chi connectivity index (χ4n) is 5.54. The van der Waals surface area contributed by atoms with Crippen LogP contribution in [0.3, 0.4) is 0 Å². The van der Waals surface area contributed by atoms with E-state index in [4.69, 9.17) is 0 Å². The van der Waals surface area contributed by atoms with E-state index in [1.807, 2.05) is 0 Å². The molecule has 0 spiro atoms. The Hall–Kier alpha value is -0.600. The Morgan fingerprint density at radius 1 is 1.18 bits per heavy atom. The molecule has 0 amide bonds. The van der Waals surface area contributed by atoms with E-state index >= 15 is 0 Å². The Morgan fingerprint density at radius 2 is 1.86 bits per heavy atom. The van der Waals surface area contributed by atoms with Gasteiger partial charge in [0, 0.05) is 5.92 Å². The van der Waals surface area contributed by atoms with Crippen LogP contribution in [0.4, 0.5) is 0 Å². The highest BCUT2D eigenvalue weighted by Gasteiger charge is 2.57. The molecule has 2 N–H and O–H groups in total. The van der Waals surface area contributed by atoms with Crippen molar-refractivity contribution in [1.82, 2.24) is 0 Å². The first kappa shape index (κ1) is 16.3. The van der Waals surface area contributed by atoms with E-state index in [0.29, 0.717) is 5.92 Å². The third kappa shape index (κ3) is 2.14. The zero-order chi connectivity index (χ0) is 16.3. The lowest BCUT2D eigenvalue weighted by Crippen LogP contribution is -2.56. The van der Waals surface area contributed by atoms with Gasteiger partial charge in [0.25, 0.3) is 0 Å². The zero-order valence-electron chi connectivity index (χ0n) is 14.6. The molecule has 0 aromatic heterocycles. The normalized spacial score (nSPS) is 50.5. The van der Waals surface area contributed by atoms with Crippen LogP contribution in [-0.4, -0.2) is 22.4 Å². The molecule has 6 atom stereocenters. The van der Waals surface area contributed by atoms with Crippen LogP contribution in [0.5, 0.6) is 0 Å². The maximum atomic E-state index is 10.9. The van der Waals surface area contributed by atoms with Crippen molar-refractivity contribution in [2.75, 3.05) is 0 Å². The third-order valence-corrected chi connectivity index (χ3v) is 7.45. The van der Waals surface area contributed by atoms with E-state index in [1.165, 1.54) is 18.4 Å². The molecular weight excluding hydrogens is 272 g/mol. The van der Waals surface area contributed by atoms with E-state index in [9.17, 15) is 10.2 Å². The summed E-state index contributed by atoms with van der Waals surface area (Å²) in [6.07, 6.45) is 8.75. The van der Waals surface area contributed by atoms with Crippen LogP contribution in [0.25, 0.3) is 0 Å². The van der Waals surface area contributed by atoms with Gasteiger partial charge in [-0.25, -0.2) is 0 Å². The molecule has 22 heavy (non-hydrogen) atoms. The molecule has 2 saturated carbocycles. The molecule has 3 aliphatic rings. The van der Waals surface area contributed by atoms with Gasteiger partial charge in [0.05, 0.1) is 12.2 Å². The molecule has 0 radical (unpaired) electrons. The van der Waals surface area contributed by atoms with Gasteiger partial charge in [-0.15, -0.1) is 6.58 Å². The minimum absolute atomic E-state index is 0.102. The number of fused-ring (bicyclic) bond motifs is 3. The Kier molecular flexibility index (Phi) is 3.66. The molecule has 0 heterocycles. The van der Waals surface area contributed by atoms with Gasteiger partial charge in [0.2, 0.25) is 0 Å². The number of rotatable bonds is 1. The van der Waals surface area contributed by atoms with Crippen molar-refractivity contribution < 1.29 is 10.2 Å². The topological polar surface area (TPSA) is 40.5 Å². The highest BCUT2D eigenvalue weighted by Crippen LogP contribution is 2.63. The summed E-state index contributed by atoms with van der Waals surface area (Å²) in [6.45, 7) is 13.0. The molecule has 3 rings (SSSR count). The molecule has 2 nitrogen and oxygen atoms in total. The lowest BCUT2D eigenvalue weighted by Gasteiger charge is -2.60. The highest BCUT2D eigenvalue weighted by molar-refractivity contribution is 5.30. The second kappa shape index (κ2) is 4.95. The van der Waals surface area contributed by atoms with Gasteiger partial charge >= 0.3 is 0 Å². The third-order valence-electron chi connectivity index (χ3n) is 7.45. The van der Waals surface area contributed by atoms with Crippen LogP contribution < -0.4 is 0 Å². The van der Waals surface area contributed by atoms with Crippen LogP contribution in [-0.2, 0) is 0 Å². The number of hydrogen-bond acceptors (Lipinski definition) is 2. The van der Waals surface area contributed by atoms with Gasteiger partial charge in [-0.1, -0.05) is 45.4 Å². The van der Waals surface area contributed by atoms with Crippen molar-refractivity contribution >= 4 is 0 Å². The van der Waals surface area contributed by atoms with E-state index in [1.54, 1.807) is 0 Å². The van der Waals surface area contributed by atoms with Crippen LogP contribution in [0.15, 0.2) is 24.3 Å². The highest BCUT2D eigenvalue weighted by atomic mass is 16.3. The first-order valence-corrected chi connectivity index (χ1v) is 8.84. The van der Waals surface area contributed by atoms with Crippen molar-refractivity contribution in [2.24, 2.45) is 28.1 Å². The van der Waals surface area contributed by atoms with Gasteiger partial charge in [-0.2, -0.15) is 0 Å². The summed E-state index contributed by atoms with van der Waals surface area (Å²) in [7, 11) is 0. The van der Waals surface area contributed by atoms with Crippen LogP contribution in [0.2, 0.25) is 0 Å². The molecule has 0 aromatic rings. The number of allylic oxidation sites excluding steroid dienone is 1. The summed E-state index contributed by atoms with van der Waals surface area (Å²) < 4.78 is 0. The Bertz CT molecular complexity index is 506. The maximum absolute atomic E-state index is 10.9. The summed E-state index contributed by atoms with van der Waals surface area (Å²) in [4.78, 5) is 0. The van der Waals surface area contributed by atoms with Gasteiger partial charge in [-0.05, 0) is 54.3 Å². The van der Waals surface area contributed by atoms with Gasteiger partial charge in [-0.3, -0.25) is 0 Å². The second-order valence-corrected chi connectivity index (χ2v) is 9.19. The Labute approximate surface area is 135 Å². The minimum atomic E-state index is -0.349. The van der Waals surface area contributed by atoms with Crippen LogP contribution in [0, 0.1) is 28.1 Å². The standard InChI is InChI=1S/C20H32O2/c1-6-19(4)9-10-20(5)13(12-19)11-15(21)17-14(20)7-8-16(22)18(17,2)3/h6-7,13,15-17,21-22H,1,8-12H2,2-5H3/t13-,15+,16-,17-,19-,20-/m0/s1. The summed E-state index contributed by atoms with van der Waals surface area (Å²) in [5, 5.41) is 21.3. The summed E-state index contributed by atoms with van der Waals surface area (Å²) in [5.41, 5.74) is 1.58. The molecule has 0 unspecified atom stereocenters. The largest absolute Gasteiger partial charge is 0.392 e. The maximum Gasteiger partial charge on any atom is 0.0632 e. The molecule has 0 saturated heterocycles. The van der Waals surface area contributed by atoms with E-state index < -0.39 is 0 Å². The van der Waals surface area contributed by atoms with Gasteiger partial charge in [0.15, 0.2) is 0 Å². The van der Waals surface area contributed by atoms with E-state index in [0.717, 1.165) is 19.3 Å². The molecule has 0 aliphatic heterocycles. The monoisotopic (exact) mass is 304 g/mol. The SMILES string of the molecule is C=C[C@@]1(C)CC[C@]2(C)C3=CC[C@H](O)C(C)(C)[C@@H]3[C@H](O)C[C@H]2C1. The first-order valence-electron chi connectivity index (χ1n) is 8.84. The quantitative estimate of drug-likeness (QED) is 0.717. The van der Waals surface area contributed by atoms with Gasteiger partial charge in [0.1, 0.15) is 0 Å². The smallest absolute Gasteiger partial charge is 0.0632 e. The summed E-state index contributed by atoms with van der Waals surface area (Å²) in [6, 6.07) is 0. The summed E-state index contributed by atoms with van der Waals surface area (Å²) >= 11 is 0. The van der Waals surface area contributed by atoms with Crippen LogP contribution in [0.1, 0.15) is 59.8 Å². The molecular formula is C20H32O2. The lowest BCUT2D eigenvalue weighted by atomic mass is 9.46. The molecule has 0 aromatic carbocycles. The van der Waals surface area contributed by atoms with Crippen LogP contribution >= 0.6 is 0 Å². The Balaban J connectivity index is 2.00. The number of aliphatic hydroxyl groups excluding tert-OH is 2. The van der Waals surface area contributed by atoms with Crippen molar-refractivity contribution in [3.05, 3.63) is 24.3 Å². The zero-order valence-corrected chi connectivity index (χ0v) is 14.6. The van der Waals surface area contributed by atoms with E-state index in [-0.39, 0.29) is 34.4 Å². The summed E-state index contributed by atoms with van der Waals surface area (Å²) in [5.74, 6) is 0.624.